The van der Waals surface area contributed by atoms with Crippen LogP contribution < -0.4 is 4.72 Å². The third kappa shape index (κ3) is 4.04. The van der Waals surface area contributed by atoms with Crippen LogP contribution in [0.15, 0.2) is 21.5 Å². The van der Waals surface area contributed by atoms with Gasteiger partial charge in [-0.1, -0.05) is 20.3 Å². The van der Waals surface area contributed by atoms with Crippen molar-refractivity contribution in [2.75, 3.05) is 6.54 Å². The van der Waals surface area contributed by atoms with E-state index in [0.717, 1.165) is 6.42 Å². The lowest BCUT2D eigenvalue weighted by molar-refractivity contribution is 0.0696. The molecule has 0 aliphatic rings. The number of aromatic carboxylic acids is 1. The molecule has 0 amide bonds. The molecule has 2 N–H and O–H groups in total. The van der Waals surface area contributed by atoms with Gasteiger partial charge < -0.3 is 5.11 Å². The first-order valence-electron chi connectivity index (χ1n) is 6.22. The van der Waals surface area contributed by atoms with Crippen LogP contribution in [0.1, 0.15) is 36.2 Å². The minimum atomic E-state index is -3.73. The molecule has 1 aromatic carbocycles. The maximum Gasteiger partial charge on any atom is 0.335 e. The fourth-order valence-corrected chi connectivity index (χ4v) is 3.74. The second kappa shape index (κ2) is 6.69. The van der Waals surface area contributed by atoms with Gasteiger partial charge in [-0.25, -0.2) is 17.9 Å². The van der Waals surface area contributed by atoms with Crippen molar-refractivity contribution in [2.45, 2.75) is 32.1 Å². The fourth-order valence-electron chi connectivity index (χ4n) is 1.53. The minimum absolute atomic E-state index is 0.0433. The molecule has 20 heavy (non-hydrogen) atoms. The van der Waals surface area contributed by atoms with Gasteiger partial charge in [0.25, 0.3) is 0 Å². The fraction of sp³-hybridized carbons (Fsp3) is 0.462. The summed E-state index contributed by atoms with van der Waals surface area (Å²) in [5, 5.41) is 9.02. The van der Waals surface area contributed by atoms with Crippen molar-refractivity contribution in [3.8, 4) is 0 Å². The Morgan fingerprint density at radius 1 is 1.45 bits per heavy atom. The molecule has 1 aromatic rings. The molecular formula is C13H18BrNO4S. The van der Waals surface area contributed by atoms with Crippen LogP contribution in [0.2, 0.25) is 0 Å². The molecule has 0 aromatic heterocycles. The Labute approximate surface area is 127 Å². The number of carboxylic acid groups (broad SMARTS) is 1. The molecule has 0 saturated carbocycles. The molecule has 1 rings (SSSR count). The summed E-state index contributed by atoms with van der Waals surface area (Å²) in [6.45, 7) is 5.90. The standard InChI is InChI=1S/C13H18BrNO4S/c1-4-8(2)7-15-20(18,19)11-6-10(13(16)17)5-9(3)12(11)14/h5-6,8,15H,4,7H2,1-3H3,(H,16,17). The SMILES string of the molecule is CCC(C)CNS(=O)(=O)c1cc(C(=O)O)cc(C)c1Br. The summed E-state index contributed by atoms with van der Waals surface area (Å²) in [5.41, 5.74) is 0.517. The van der Waals surface area contributed by atoms with Crippen LogP contribution in [-0.2, 0) is 10.0 Å². The van der Waals surface area contributed by atoms with Crippen molar-refractivity contribution in [1.29, 1.82) is 0 Å². The highest BCUT2D eigenvalue weighted by atomic mass is 79.9. The third-order valence-electron chi connectivity index (χ3n) is 3.08. The monoisotopic (exact) mass is 363 g/mol. The van der Waals surface area contributed by atoms with E-state index in [0.29, 0.717) is 16.6 Å². The molecule has 0 heterocycles. The Morgan fingerprint density at radius 3 is 2.55 bits per heavy atom. The Balaban J connectivity index is 3.20. The lowest BCUT2D eigenvalue weighted by atomic mass is 10.1. The molecule has 1 unspecified atom stereocenters. The first-order chi connectivity index (χ1) is 9.19. The second-order valence-corrected chi connectivity index (χ2v) is 7.30. The Bertz CT molecular complexity index is 613. The highest BCUT2D eigenvalue weighted by Crippen LogP contribution is 2.27. The van der Waals surface area contributed by atoms with Gasteiger partial charge in [-0.2, -0.15) is 0 Å². The van der Waals surface area contributed by atoms with E-state index in [1.807, 2.05) is 13.8 Å². The van der Waals surface area contributed by atoms with Gasteiger partial charge >= 0.3 is 5.97 Å². The Morgan fingerprint density at radius 2 is 2.05 bits per heavy atom. The zero-order chi connectivity index (χ0) is 15.5. The molecule has 0 bridgehead atoms. The van der Waals surface area contributed by atoms with Gasteiger partial charge in [0.05, 0.1) is 10.5 Å². The molecular weight excluding hydrogens is 346 g/mol. The van der Waals surface area contributed by atoms with Crippen molar-refractivity contribution < 1.29 is 18.3 Å². The summed E-state index contributed by atoms with van der Waals surface area (Å²) in [7, 11) is -3.73. The number of rotatable bonds is 6. The number of carbonyl (C=O) groups is 1. The smallest absolute Gasteiger partial charge is 0.335 e. The summed E-state index contributed by atoms with van der Waals surface area (Å²) in [5.74, 6) is -0.939. The molecule has 0 aliphatic carbocycles. The molecule has 112 valence electrons. The van der Waals surface area contributed by atoms with E-state index in [-0.39, 0.29) is 16.4 Å². The van der Waals surface area contributed by atoms with Crippen LogP contribution in [0.3, 0.4) is 0 Å². The zero-order valence-electron chi connectivity index (χ0n) is 11.6. The largest absolute Gasteiger partial charge is 0.478 e. The predicted octanol–water partition coefficient (Wildman–Crippen LogP) is 2.78. The zero-order valence-corrected chi connectivity index (χ0v) is 14.0. The molecule has 0 radical (unpaired) electrons. The first-order valence-corrected chi connectivity index (χ1v) is 8.49. The van der Waals surface area contributed by atoms with E-state index in [1.165, 1.54) is 12.1 Å². The van der Waals surface area contributed by atoms with Crippen LogP contribution >= 0.6 is 15.9 Å². The van der Waals surface area contributed by atoms with Gasteiger partial charge in [0.2, 0.25) is 10.0 Å². The molecule has 0 saturated heterocycles. The number of sulfonamides is 1. The summed E-state index contributed by atoms with van der Waals surface area (Å²) in [6.07, 6.45) is 0.859. The van der Waals surface area contributed by atoms with Crippen molar-refractivity contribution in [2.24, 2.45) is 5.92 Å². The summed E-state index contributed by atoms with van der Waals surface area (Å²) < 4.78 is 27.4. The first kappa shape index (κ1) is 17.1. The van der Waals surface area contributed by atoms with Gasteiger partial charge in [0, 0.05) is 11.0 Å². The minimum Gasteiger partial charge on any atom is -0.478 e. The summed E-state index contributed by atoms with van der Waals surface area (Å²) in [6, 6.07) is 2.60. The van der Waals surface area contributed by atoms with Crippen LogP contribution in [0.4, 0.5) is 0 Å². The van der Waals surface area contributed by atoms with Crippen LogP contribution in [0.5, 0.6) is 0 Å². The van der Waals surface area contributed by atoms with Gasteiger partial charge in [0.1, 0.15) is 0 Å². The van der Waals surface area contributed by atoms with Gasteiger partial charge in [-0.15, -0.1) is 0 Å². The van der Waals surface area contributed by atoms with E-state index < -0.39 is 16.0 Å². The molecule has 7 heteroatoms. The normalized spacial score (nSPS) is 13.2. The highest BCUT2D eigenvalue weighted by molar-refractivity contribution is 9.10. The number of benzene rings is 1. The van der Waals surface area contributed by atoms with E-state index in [2.05, 4.69) is 20.7 Å². The Hall–Kier alpha value is -0.920. The number of carboxylic acids is 1. The number of hydrogen-bond donors (Lipinski definition) is 2. The van der Waals surface area contributed by atoms with Gasteiger partial charge in [-0.3, -0.25) is 0 Å². The van der Waals surface area contributed by atoms with E-state index in [4.69, 9.17) is 5.11 Å². The maximum atomic E-state index is 12.3. The molecule has 1 atom stereocenters. The lowest BCUT2D eigenvalue weighted by Gasteiger charge is -2.13. The third-order valence-corrected chi connectivity index (χ3v) is 5.84. The summed E-state index contributed by atoms with van der Waals surface area (Å²) in [4.78, 5) is 11.0. The van der Waals surface area contributed by atoms with Crippen molar-refractivity contribution in [3.05, 3.63) is 27.7 Å². The number of nitrogens with one attached hydrogen (secondary N) is 1. The topological polar surface area (TPSA) is 83.5 Å². The lowest BCUT2D eigenvalue weighted by Crippen LogP contribution is -2.28. The van der Waals surface area contributed by atoms with Crippen LogP contribution in [-0.4, -0.2) is 26.0 Å². The second-order valence-electron chi connectivity index (χ2n) is 4.78. The molecule has 0 spiro atoms. The number of halogens is 1. The van der Waals surface area contributed by atoms with Crippen LogP contribution in [0.25, 0.3) is 0 Å². The molecule has 0 aliphatic heterocycles. The van der Waals surface area contributed by atoms with Crippen molar-refractivity contribution in [3.63, 3.8) is 0 Å². The molecule has 5 nitrogen and oxygen atoms in total. The van der Waals surface area contributed by atoms with E-state index >= 15 is 0 Å². The molecule has 0 fully saturated rings. The van der Waals surface area contributed by atoms with Gasteiger partial charge in [0.15, 0.2) is 0 Å². The summed E-state index contributed by atoms with van der Waals surface area (Å²) >= 11 is 3.21. The van der Waals surface area contributed by atoms with E-state index in [9.17, 15) is 13.2 Å². The quantitative estimate of drug-likeness (QED) is 0.813. The highest BCUT2D eigenvalue weighted by Gasteiger charge is 2.21. The van der Waals surface area contributed by atoms with E-state index in [1.54, 1.807) is 6.92 Å². The number of hydrogen-bond acceptors (Lipinski definition) is 3. The number of aryl methyl sites for hydroxylation is 1. The average Bonchev–Trinajstić information content (AvgIpc) is 2.38. The average molecular weight is 364 g/mol. The maximum absolute atomic E-state index is 12.3. The Kier molecular flexibility index (Phi) is 5.73. The van der Waals surface area contributed by atoms with Crippen molar-refractivity contribution >= 4 is 31.9 Å². The van der Waals surface area contributed by atoms with Crippen molar-refractivity contribution in [1.82, 2.24) is 4.72 Å². The van der Waals surface area contributed by atoms with Crippen LogP contribution in [0, 0.1) is 12.8 Å². The predicted molar refractivity (Wildman–Crippen MR) is 80.5 cm³/mol. The van der Waals surface area contributed by atoms with Gasteiger partial charge in [-0.05, 0) is 46.5 Å².